The fourth-order valence-electron chi connectivity index (χ4n) is 2.02. The molecule has 1 atom stereocenters. The molecular weight excluding hydrogens is 368 g/mol. The van der Waals surface area contributed by atoms with Crippen molar-refractivity contribution in [1.82, 2.24) is 4.90 Å². The van der Waals surface area contributed by atoms with Gasteiger partial charge in [-0.05, 0) is 14.1 Å². The third-order valence-electron chi connectivity index (χ3n) is 3.01. The molecule has 0 aliphatic carbocycles. The van der Waals surface area contributed by atoms with Crippen LogP contribution in [0, 0.1) is 0 Å². The summed E-state index contributed by atoms with van der Waals surface area (Å²) in [4.78, 5) is 2.02. The molecule has 0 heterocycles. The van der Waals surface area contributed by atoms with Crippen LogP contribution in [0.5, 0.6) is 0 Å². The number of benzene rings is 2. The molecule has 4 heteroatoms. The summed E-state index contributed by atoms with van der Waals surface area (Å²) >= 11 is 2.28. The monoisotopic (exact) mass is 385 g/mol. The molecule has 0 aliphatic heterocycles. The van der Waals surface area contributed by atoms with E-state index in [1.165, 1.54) is 0 Å². The van der Waals surface area contributed by atoms with Gasteiger partial charge in [-0.15, -0.1) is 0 Å². The van der Waals surface area contributed by atoms with Crippen LogP contribution in [0.15, 0.2) is 60.7 Å². The second-order valence-electron chi connectivity index (χ2n) is 4.60. The Morgan fingerprint density at radius 1 is 0.895 bits per heavy atom. The lowest BCUT2D eigenvalue weighted by Crippen LogP contribution is -2.31. The van der Waals surface area contributed by atoms with E-state index in [9.17, 15) is 4.57 Å². The summed E-state index contributed by atoms with van der Waals surface area (Å²) in [6.45, 7) is 0. The Morgan fingerprint density at radius 3 is 1.58 bits per heavy atom. The number of rotatable bonds is 4. The molecule has 0 aliphatic rings. The normalized spacial score (nSPS) is 13.5. The summed E-state index contributed by atoms with van der Waals surface area (Å²) in [5, 5.41) is 1.82. The van der Waals surface area contributed by atoms with Crippen molar-refractivity contribution in [1.29, 1.82) is 0 Å². The molecule has 1 unspecified atom stereocenters. The predicted molar refractivity (Wildman–Crippen MR) is 91.3 cm³/mol. The average molecular weight is 385 g/mol. The van der Waals surface area contributed by atoms with E-state index in [1.54, 1.807) is 0 Å². The number of alkyl halides is 1. The summed E-state index contributed by atoms with van der Waals surface area (Å²) in [5.74, 6) is 0. The Kier molecular flexibility index (Phi) is 4.82. The maximum atomic E-state index is 13.7. The Bertz CT molecular complexity index is 528. The number of halogens is 1. The van der Waals surface area contributed by atoms with Crippen molar-refractivity contribution in [2.45, 2.75) is 3.79 Å². The largest absolute Gasteiger partial charge is 0.311 e. The lowest BCUT2D eigenvalue weighted by Gasteiger charge is -2.29. The molecule has 0 fully saturated rings. The number of hydrogen-bond donors (Lipinski definition) is 0. The van der Waals surface area contributed by atoms with Gasteiger partial charge >= 0.3 is 0 Å². The fraction of sp³-hybridized carbons (Fsp3) is 0.200. The van der Waals surface area contributed by atoms with Crippen molar-refractivity contribution in [3.63, 3.8) is 0 Å². The van der Waals surface area contributed by atoms with E-state index >= 15 is 0 Å². The maximum absolute atomic E-state index is 13.7. The minimum absolute atomic E-state index is 0.0603. The molecule has 19 heavy (non-hydrogen) atoms. The van der Waals surface area contributed by atoms with Gasteiger partial charge < -0.3 is 4.57 Å². The topological polar surface area (TPSA) is 20.3 Å². The first-order chi connectivity index (χ1) is 9.06. The van der Waals surface area contributed by atoms with Crippen molar-refractivity contribution >= 4 is 40.3 Å². The second kappa shape index (κ2) is 6.21. The SMILES string of the molecule is CN(C)C(I)P(=O)(c1ccccc1)c1ccccc1. The van der Waals surface area contributed by atoms with Crippen LogP contribution in [0.1, 0.15) is 0 Å². The van der Waals surface area contributed by atoms with Crippen LogP contribution < -0.4 is 10.6 Å². The second-order valence-corrected chi connectivity index (χ2v) is 9.61. The van der Waals surface area contributed by atoms with Crippen LogP contribution in [-0.4, -0.2) is 22.8 Å². The zero-order chi connectivity index (χ0) is 13.9. The Hall–Kier alpha value is -0.640. The number of nitrogens with zero attached hydrogens (tertiary/aromatic N) is 1. The molecule has 0 aromatic heterocycles. The average Bonchev–Trinajstić information content (AvgIpc) is 2.47. The van der Waals surface area contributed by atoms with Gasteiger partial charge in [-0.1, -0.05) is 83.3 Å². The molecule has 0 amide bonds. The van der Waals surface area contributed by atoms with Gasteiger partial charge in [0.1, 0.15) is 3.79 Å². The molecule has 0 N–H and O–H groups in total. The van der Waals surface area contributed by atoms with Crippen molar-refractivity contribution in [3.8, 4) is 0 Å². The first-order valence-corrected chi connectivity index (χ1v) is 9.10. The molecule has 0 saturated heterocycles. The summed E-state index contributed by atoms with van der Waals surface area (Å²) in [7, 11) is 1.28. The van der Waals surface area contributed by atoms with Gasteiger partial charge in [0.25, 0.3) is 0 Å². The number of hydrogen-bond acceptors (Lipinski definition) is 2. The standard InChI is InChI=1S/C15H17INOP/c1-17(2)15(16)19(18,13-9-5-3-6-10-13)14-11-7-4-8-12-14/h3-12,15H,1-2H3. The Morgan fingerprint density at radius 2 is 1.26 bits per heavy atom. The molecule has 2 aromatic carbocycles. The van der Waals surface area contributed by atoms with E-state index in [2.05, 4.69) is 22.6 Å². The highest BCUT2D eigenvalue weighted by molar-refractivity contribution is 14.1. The van der Waals surface area contributed by atoms with E-state index in [-0.39, 0.29) is 3.79 Å². The van der Waals surface area contributed by atoms with Crippen LogP contribution in [0.25, 0.3) is 0 Å². The molecule has 2 nitrogen and oxygen atoms in total. The highest BCUT2D eigenvalue weighted by Gasteiger charge is 2.36. The van der Waals surface area contributed by atoms with Gasteiger partial charge in [0.15, 0.2) is 7.14 Å². The maximum Gasteiger partial charge on any atom is 0.169 e. The van der Waals surface area contributed by atoms with Crippen molar-refractivity contribution in [2.24, 2.45) is 0 Å². The van der Waals surface area contributed by atoms with Crippen LogP contribution >= 0.6 is 29.7 Å². The predicted octanol–water partition coefficient (Wildman–Crippen LogP) is 3.28. The van der Waals surface area contributed by atoms with Crippen LogP contribution in [0.3, 0.4) is 0 Å². The molecule has 0 spiro atoms. The molecule has 100 valence electrons. The van der Waals surface area contributed by atoms with E-state index in [4.69, 9.17) is 0 Å². The van der Waals surface area contributed by atoms with Crippen molar-refractivity contribution < 1.29 is 4.57 Å². The van der Waals surface area contributed by atoms with Crippen LogP contribution in [0.4, 0.5) is 0 Å². The van der Waals surface area contributed by atoms with Gasteiger partial charge in [0.05, 0.1) is 0 Å². The molecule has 0 saturated carbocycles. The third kappa shape index (κ3) is 2.93. The third-order valence-corrected chi connectivity index (χ3v) is 9.67. The zero-order valence-electron chi connectivity index (χ0n) is 11.0. The van der Waals surface area contributed by atoms with E-state index in [0.29, 0.717) is 0 Å². The van der Waals surface area contributed by atoms with Gasteiger partial charge in [-0.25, -0.2) is 0 Å². The zero-order valence-corrected chi connectivity index (χ0v) is 14.1. The first kappa shape index (κ1) is 14.8. The van der Waals surface area contributed by atoms with Crippen LogP contribution in [-0.2, 0) is 4.57 Å². The molecule has 0 radical (unpaired) electrons. The van der Waals surface area contributed by atoms with Gasteiger partial charge in [0.2, 0.25) is 0 Å². The summed E-state index contributed by atoms with van der Waals surface area (Å²) in [6.07, 6.45) is 0. The van der Waals surface area contributed by atoms with Gasteiger partial charge in [0, 0.05) is 10.6 Å². The van der Waals surface area contributed by atoms with Crippen LogP contribution in [0.2, 0.25) is 0 Å². The highest BCUT2D eigenvalue weighted by atomic mass is 127. The lowest BCUT2D eigenvalue weighted by molar-refractivity contribution is 0.453. The Labute approximate surface area is 128 Å². The van der Waals surface area contributed by atoms with Crippen molar-refractivity contribution in [2.75, 3.05) is 14.1 Å². The van der Waals surface area contributed by atoms with Gasteiger partial charge in [-0.3, -0.25) is 4.90 Å². The minimum Gasteiger partial charge on any atom is -0.311 e. The van der Waals surface area contributed by atoms with Gasteiger partial charge in [-0.2, -0.15) is 0 Å². The molecule has 0 bridgehead atoms. The van der Waals surface area contributed by atoms with Crippen molar-refractivity contribution in [3.05, 3.63) is 60.7 Å². The fourth-order valence-corrected chi connectivity index (χ4v) is 6.62. The first-order valence-electron chi connectivity index (χ1n) is 6.08. The summed E-state index contributed by atoms with van der Waals surface area (Å²) < 4.78 is 13.6. The summed E-state index contributed by atoms with van der Waals surface area (Å²) in [5.41, 5.74) is 0. The van der Waals surface area contributed by atoms with E-state index in [1.807, 2.05) is 79.7 Å². The molecule has 2 aromatic rings. The Balaban J connectivity index is 2.61. The lowest BCUT2D eigenvalue weighted by atomic mass is 10.4. The highest BCUT2D eigenvalue weighted by Crippen LogP contribution is 2.52. The quantitative estimate of drug-likeness (QED) is 0.349. The minimum atomic E-state index is -2.66. The molecule has 2 rings (SSSR count). The van der Waals surface area contributed by atoms with E-state index in [0.717, 1.165) is 10.6 Å². The smallest absolute Gasteiger partial charge is 0.169 e. The molecular formula is C15H17INOP. The summed E-state index contributed by atoms with van der Waals surface area (Å²) in [6, 6.07) is 19.5. The van der Waals surface area contributed by atoms with E-state index < -0.39 is 7.14 Å².